The fraction of sp³-hybridized carbons (Fsp3) is 0.727. The molecular formula is C11H14N2OS. The number of hydrogen-bond acceptors (Lipinski definition) is 4. The van der Waals surface area contributed by atoms with Gasteiger partial charge >= 0.3 is 0 Å². The van der Waals surface area contributed by atoms with E-state index in [0.29, 0.717) is 5.92 Å². The van der Waals surface area contributed by atoms with Crippen molar-refractivity contribution in [2.45, 2.75) is 32.1 Å². The van der Waals surface area contributed by atoms with Gasteiger partial charge in [0.25, 0.3) is 0 Å². The number of fused-ring (bicyclic) bond motifs is 2. The third-order valence-electron chi connectivity index (χ3n) is 3.97. The monoisotopic (exact) mass is 222 g/mol. The van der Waals surface area contributed by atoms with Gasteiger partial charge in [-0.3, -0.25) is 4.79 Å². The second-order valence-corrected chi connectivity index (χ2v) is 5.63. The van der Waals surface area contributed by atoms with E-state index in [4.69, 9.17) is 0 Å². The Labute approximate surface area is 93.1 Å². The summed E-state index contributed by atoms with van der Waals surface area (Å²) in [6.45, 7) is 0. The molecule has 0 radical (unpaired) electrons. The van der Waals surface area contributed by atoms with E-state index in [9.17, 15) is 4.79 Å². The standard InChI is InChI=1S/C11H14N2OS/c14-10(11-6-12-13-15-11)5-9-4-7-1-2-8(9)3-7/h6-9H,1-5H2. The van der Waals surface area contributed by atoms with Gasteiger partial charge in [-0.15, -0.1) is 5.10 Å². The lowest BCUT2D eigenvalue weighted by Gasteiger charge is -2.20. The van der Waals surface area contributed by atoms with Crippen LogP contribution in [0.15, 0.2) is 6.20 Å². The average molecular weight is 222 g/mol. The lowest BCUT2D eigenvalue weighted by molar-refractivity contribution is 0.0948. The number of aromatic nitrogens is 2. The minimum atomic E-state index is 0.252. The highest BCUT2D eigenvalue weighted by atomic mass is 32.1. The maximum atomic E-state index is 11.9. The molecule has 2 saturated carbocycles. The summed E-state index contributed by atoms with van der Waals surface area (Å²) in [5, 5.41) is 3.71. The molecule has 4 heteroatoms. The first-order chi connectivity index (χ1) is 7.33. The van der Waals surface area contributed by atoms with Gasteiger partial charge < -0.3 is 0 Å². The van der Waals surface area contributed by atoms with Gasteiger partial charge in [-0.05, 0) is 48.5 Å². The highest BCUT2D eigenvalue weighted by molar-refractivity contribution is 7.07. The molecule has 2 fully saturated rings. The number of nitrogens with zero attached hydrogens (tertiary/aromatic N) is 2. The normalized spacial score (nSPS) is 33.5. The van der Waals surface area contributed by atoms with Gasteiger partial charge in [-0.1, -0.05) is 10.9 Å². The Bertz CT molecular complexity index is 363. The molecule has 0 amide bonds. The molecule has 1 aromatic heterocycles. The van der Waals surface area contributed by atoms with Crippen LogP contribution in [-0.4, -0.2) is 15.4 Å². The Hall–Kier alpha value is -0.770. The van der Waals surface area contributed by atoms with Gasteiger partial charge in [-0.25, -0.2) is 0 Å². The lowest BCUT2D eigenvalue weighted by Crippen LogP contribution is -2.14. The summed E-state index contributed by atoms with van der Waals surface area (Å²) in [7, 11) is 0. The Morgan fingerprint density at radius 3 is 3.00 bits per heavy atom. The van der Waals surface area contributed by atoms with Crippen molar-refractivity contribution < 1.29 is 4.79 Å². The maximum absolute atomic E-state index is 11.9. The molecule has 3 unspecified atom stereocenters. The molecule has 2 bridgehead atoms. The molecule has 0 aliphatic heterocycles. The molecule has 3 atom stereocenters. The second kappa shape index (κ2) is 3.67. The van der Waals surface area contributed by atoms with Crippen molar-refractivity contribution in [1.29, 1.82) is 0 Å². The Kier molecular flexibility index (Phi) is 2.31. The first-order valence-corrected chi connectivity index (χ1v) is 6.41. The predicted octanol–water partition coefficient (Wildman–Crippen LogP) is 2.55. The molecule has 3 nitrogen and oxygen atoms in total. The molecule has 0 spiro atoms. The van der Waals surface area contributed by atoms with Crippen molar-refractivity contribution in [2.75, 3.05) is 0 Å². The SMILES string of the molecule is O=C(CC1CC2CCC1C2)c1cnns1. The van der Waals surface area contributed by atoms with E-state index in [-0.39, 0.29) is 5.78 Å². The van der Waals surface area contributed by atoms with E-state index >= 15 is 0 Å². The summed E-state index contributed by atoms with van der Waals surface area (Å²) >= 11 is 1.22. The first kappa shape index (κ1) is 9.46. The Morgan fingerprint density at radius 2 is 2.40 bits per heavy atom. The summed E-state index contributed by atoms with van der Waals surface area (Å²) in [5.74, 6) is 2.66. The molecule has 3 rings (SSSR count). The maximum Gasteiger partial charge on any atom is 0.176 e. The molecular weight excluding hydrogens is 208 g/mol. The van der Waals surface area contributed by atoms with Crippen molar-refractivity contribution in [3.05, 3.63) is 11.1 Å². The van der Waals surface area contributed by atoms with E-state index in [1.54, 1.807) is 6.20 Å². The van der Waals surface area contributed by atoms with Crippen molar-refractivity contribution in [3.63, 3.8) is 0 Å². The van der Waals surface area contributed by atoms with Crippen molar-refractivity contribution in [3.8, 4) is 0 Å². The number of hydrogen-bond donors (Lipinski definition) is 0. The molecule has 1 aromatic rings. The molecule has 0 aromatic carbocycles. The number of carbonyl (C=O) groups excluding carboxylic acids is 1. The zero-order valence-electron chi connectivity index (χ0n) is 8.56. The zero-order valence-corrected chi connectivity index (χ0v) is 9.37. The van der Waals surface area contributed by atoms with Gasteiger partial charge in [0.15, 0.2) is 5.78 Å². The Balaban J connectivity index is 1.64. The van der Waals surface area contributed by atoms with Gasteiger partial charge in [-0.2, -0.15) is 0 Å². The van der Waals surface area contributed by atoms with Crippen LogP contribution in [0.25, 0.3) is 0 Å². The van der Waals surface area contributed by atoms with Crippen LogP contribution in [0.2, 0.25) is 0 Å². The topological polar surface area (TPSA) is 42.9 Å². The number of ketones is 1. The van der Waals surface area contributed by atoms with Gasteiger partial charge in [0.05, 0.1) is 6.20 Å². The third-order valence-corrected chi connectivity index (χ3v) is 4.67. The molecule has 0 saturated heterocycles. The predicted molar refractivity (Wildman–Crippen MR) is 57.8 cm³/mol. The Morgan fingerprint density at radius 1 is 1.47 bits per heavy atom. The summed E-state index contributed by atoms with van der Waals surface area (Å²) in [6.07, 6.45) is 7.73. The van der Waals surface area contributed by atoms with E-state index in [2.05, 4.69) is 9.59 Å². The fourth-order valence-corrected chi connectivity index (χ4v) is 3.72. The van der Waals surface area contributed by atoms with Gasteiger partial charge in [0.1, 0.15) is 4.88 Å². The fourth-order valence-electron chi connectivity index (χ4n) is 3.26. The van der Waals surface area contributed by atoms with Crippen LogP contribution in [-0.2, 0) is 0 Å². The molecule has 15 heavy (non-hydrogen) atoms. The minimum absolute atomic E-state index is 0.252. The first-order valence-electron chi connectivity index (χ1n) is 5.63. The summed E-state index contributed by atoms with van der Waals surface area (Å²) in [4.78, 5) is 12.6. The number of rotatable bonds is 3. The highest BCUT2D eigenvalue weighted by Crippen LogP contribution is 2.49. The van der Waals surface area contributed by atoms with Crippen LogP contribution in [0.3, 0.4) is 0 Å². The van der Waals surface area contributed by atoms with Crippen LogP contribution < -0.4 is 0 Å². The van der Waals surface area contributed by atoms with Crippen LogP contribution in [0.1, 0.15) is 41.8 Å². The van der Waals surface area contributed by atoms with Crippen LogP contribution in [0, 0.1) is 17.8 Å². The summed E-state index contributed by atoms with van der Waals surface area (Å²) in [6, 6.07) is 0. The van der Waals surface area contributed by atoms with Gasteiger partial charge in [0.2, 0.25) is 0 Å². The molecule has 0 N–H and O–H groups in total. The van der Waals surface area contributed by atoms with Crippen LogP contribution in [0.5, 0.6) is 0 Å². The summed E-state index contributed by atoms with van der Waals surface area (Å²) < 4.78 is 3.74. The molecule has 2 aliphatic rings. The van der Waals surface area contributed by atoms with Crippen molar-refractivity contribution in [1.82, 2.24) is 9.59 Å². The van der Waals surface area contributed by atoms with E-state index < -0.39 is 0 Å². The number of Topliss-reactive ketones (excluding diaryl/α,β-unsaturated/α-hetero) is 1. The van der Waals surface area contributed by atoms with Crippen LogP contribution in [0.4, 0.5) is 0 Å². The van der Waals surface area contributed by atoms with E-state index in [1.807, 2.05) is 0 Å². The number of carbonyl (C=O) groups is 1. The van der Waals surface area contributed by atoms with Crippen molar-refractivity contribution in [2.24, 2.45) is 17.8 Å². The molecule has 1 heterocycles. The smallest absolute Gasteiger partial charge is 0.176 e. The summed E-state index contributed by atoms with van der Waals surface area (Å²) in [5.41, 5.74) is 0. The highest BCUT2D eigenvalue weighted by Gasteiger charge is 2.40. The second-order valence-electron chi connectivity index (χ2n) is 4.84. The molecule has 80 valence electrons. The third kappa shape index (κ3) is 1.71. The largest absolute Gasteiger partial charge is 0.293 e. The average Bonchev–Trinajstić information content (AvgIpc) is 2.95. The zero-order chi connectivity index (χ0) is 10.3. The van der Waals surface area contributed by atoms with E-state index in [0.717, 1.165) is 23.1 Å². The molecule has 2 aliphatic carbocycles. The van der Waals surface area contributed by atoms with Crippen LogP contribution >= 0.6 is 11.5 Å². The quantitative estimate of drug-likeness (QED) is 0.738. The minimum Gasteiger partial charge on any atom is -0.293 e. The van der Waals surface area contributed by atoms with Gasteiger partial charge in [0, 0.05) is 6.42 Å². The lowest BCUT2D eigenvalue weighted by atomic mass is 9.85. The van der Waals surface area contributed by atoms with Crippen molar-refractivity contribution >= 4 is 17.3 Å². The van der Waals surface area contributed by atoms with E-state index in [1.165, 1.54) is 37.2 Å².